The van der Waals surface area contributed by atoms with Crippen LogP contribution in [0.25, 0.3) is 67.2 Å². The van der Waals surface area contributed by atoms with Gasteiger partial charge in [0.25, 0.3) is 0 Å². The van der Waals surface area contributed by atoms with Crippen LogP contribution in [0.1, 0.15) is 105 Å². The molecule has 8 aromatic rings. The highest BCUT2D eigenvalue weighted by molar-refractivity contribution is 5.83. The molecule has 2 aromatic heterocycles. The van der Waals surface area contributed by atoms with Crippen LogP contribution >= 0.6 is 0 Å². The molecule has 0 aliphatic carbocycles. The molecule has 6 aromatic carbocycles. The lowest BCUT2D eigenvalue weighted by Gasteiger charge is -2.19. The van der Waals surface area contributed by atoms with Gasteiger partial charge < -0.3 is 5.11 Å². The second kappa shape index (κ2) is 17.6. The van der Waals surface area contributed by atoms with Gasteiger partial charge in [-0.3, -0.25) is 4.98 Å². The number of aromatic hydroxyl groups is 1. The van der Waals surface area contributed by atoms with Gasteiger partial charge in [-0.2, -0.15) is 0 Å². The molecule has 0 spiro atoms. The summed E-state index contributed by atoms with van der Waals surface area (Å²) in [6.45, 7) is 15.0. The number of phenolic OH excluding ortho intramolecular Hbond substituents is 1. The summed E-state index contributed by atoms with van der Waals surface area (Å²) in [6.07, 6.45) is 0.103. The van der Waals surface area contributed by atoms with Gasteiger partial charge in [-0.15, -0.1) is 0 Å². The van der Waals surface area contributed by atoms with E-state index in [1.807, 2.05) is 105 Å². The Morgan fingerprint density at radius 1 is 0.492 bits per heavy atom. The predicted octanol–water partition coefficient (Wildman–Crippen LogP) is 15.8. The van der Waals surface area contributed by atoms with Crippen molar-refractivity contribution >= 4 is 0 Å². The van der Waals surface area contributed by atoms with Crippen LogP contribution in [0.5, 0.6) is 5.75 Å². The zero-order valence-electron chi connectivity index (χ0n) is 41.4. The Bertz CT molecular complexity index is 3050. The van der Waals surface area contributed by atoms with E-state index in [2.05, 4.69) is 56.3 Å². The average Bonchev–Trinajstić information content (AvgIpc) is 3.28. The van der Waals surface area contributed by atoms with Crippen LogP contribution in [0, 0.1) is 13.8 Å². The first-order chi connectivity index (χ1) is 31.1. The number of benzene rings is 6. The second-order valence-electron chi connectivity index (χ2n) is 16.7. The highest BCUT2D eigenvalue weighted by Crippen LogP contribution is 2.42. The minimum absolute atomic E-state index is 0.0741. The highest BCUT2D eigenvalue weighted by atomic mass is 16.3. The number of nitrogens with zero attached hydrogens (tertiary/aromatic N) is 2. The van der Waals surface area contributed by atoms with E-state index in [0.29, 0.717) is 39.2 Å². The Balaban J connectivity index is 1.31. The molecule has 3 heteroatoms. The van der Waals surface area contributed by atoms with Crippen molar-refractivity contribution in [3.05, 3.63) is 197 Å². The third-order valence-corrected chi connectivity index (χ3v) is 11.4. The first kappa shape index (κ1) is 35.2. The summed E-state index contributed by atoms with van der Waals surface area (Å²) < 4.78 is 45.2. The maximum atomic E-state index is 12.0. The Kier molecular flexibility index (Phi) is 10.1. The number of pyridine rings is 2. The van der Waals surface area contributed by atoms with Gasteiger partial charge >= 0.3 is 0 Å². The number of phenols is 1. The molecule has 0 unspecified atom stereocenters. The van der Waals surface area contributed by atoms with Gasteiger partial charge in [-0.1, -0.05) is 145 Å². The predicted molar refractivity (Wildman–Crippen MR) is 257 cm³/mol. The second-order valence-corrected chi connectivity index (χ2v) is 16.7. The first-order valence-corrected chi connectivity index (χ1v) is 20.9. The number of aromatic nitrogens is 2. The first-order valence-electron chi connectivity index (χ1n) is 23.4. The SMILES string of the molecule is [2H]C(C)(C)c1cc(-c2cc(-c3cc(C)c(-c4ccccc4)c(C)c3)ccn2)cc(-c2cc(-c3ccc(C([2H])([2H])c4ccccc4)cc3)cc(-c3cc(C([2H])(C)C)cc(C([2H])(C)C)c3O)n2)c1. The summed E-state index contributed by atoms with van der Waals surface area (Å²) in [5.41, 5.74) is 15.1. The molecule has 61 heavy (non-hydrogen) atoms. The fourth-order valence-corrected chi connectivity index (χ4v) is 8.09. The largest absolute Gasteiger partial charge is 0.507 e. The lowest BCUT2D eigenvalue weighted by molar-refractivity contribution is 0.466. The van der Waals surface area contributed by atoms with Crippen LogP contribution in [0.4, 0.5) is 0 Å². The van der Waals surface area contributed by atoms with E-state index < -0.39 is 24.1 Å². The monoisotopic (exact) mass is 801 g/mol. The van der Waals surface area contributed by atoms with Gasteiger partial charge in [0.05, 0.1) is 17.1 Å². The summed E-state index contributed by atoms with van der Waals surface area (Å²) in [5, 5.41) is 12.0. The minimum atomic E-state index is -1.72. The molecule has 0 bridgehead atoms. The third kappa shape index (κ3) is 8.98. The lowest BCUT2D eigenvalue weighted by Crippen LogP contribution is -1.99. The Hall–Kier alpha value is -6.58. The zero-order valence-corrected chi connectivity index (χ0v) is 36.4. The van der Waals surface area contributed by atoms with Gasteiger partial charge in [0.2, 0.25) is 0 Å². The summed E-state index contributed by atoms with van der Waals surface area (Å²) in [5.74, 6) is -3.28. The Labute approximate surface area is 369 Å². The molecule has 0 fully saturated rings. The molecular weight excluding hydrogens is 741 g/mol. The molecule has 0 aliphatic heterocycles. The quantitative estimate of drug-likeness (QED) is 0.142. The van der Waals surface area contributed by atoms with E-state index in [0.717, 1.165) is 44.6 Å². The van der Waals surface area contributed by atoms with Gasteiger partial charge in [0.1, 0.15) is 5.75 Å². The zero-order chi connectivity index (χ0) is 47.3. The summed E-state index contributed by atoms with van der Waals surface area (Å²) >= 11 is 0. The van der Waals surface area contributed by atoms with E-state index in [1.54, 1.807) is 52.0 Å². The summed E-state index contributed by atoms with van der Waals surface area (Å²) in [4.78, 5) is 10.1. The number of aryl methyl sites for hydroxylation is 2. The van der Waals surface area contributed by atoms with E-state index in [9.17, 15) is 6.48 Å². The molecule has 0 atom stereocenters. The van der Waals surface area contributed by atoms with Crippen LogP contribution in [0.15, 0.2) is 158 Å². The molecule has 2 heterocycles. The van der Waals surface area contributed by atoms with Gasteiger partial charge in [0.15, 0.2) is 0 Å². The van der Waals surface area contributed by atoms with Crippen LogP contribution in [0.2, 0.25) is 0 Å². The van der Waals surface area contributed by atoms with E-state index in [1.165, 1.54) is 22.3 Å². The van der Waals surface area contributed by atoms with Crippen molar-refractivity contribution in [1.29, 1.82) is 0 Å². The fourth-order valence-electron chi connectivity index (χ4n) is 8.09. The molecule has 3 nitrogen and oxygen atoms in total. The van der Waals surface area contributed by atoms with Crippen molar-refractivity contribution < 1.29 is 12.0 Å². The van der Waals surface area contributed by atoms with Gasteiger partial charge in [-0.05, 0) is 159 Å². The normalized spacial score (nSPS) is 13.5. The molecule has 304 valence electrons. The fraction of sp³-hybridized carbons (Fsp3) is 0.207. The van der Waals surface area contributed by atoms with Crippen LogP contribution in [0.3, 0.4) is 0 Å². The van der Waals surface area contributed by atoms with Crippen molar-refractivity contribution in [3.63, 3.8) is 0 Å². The molecule has 0 saturated carbocycles. The smallest absolute Gasteiger partial charge is 0.128 e. The minimum Gasteiger partial charge on any atom is -0.507 e. The van der Waals surface area contributed by atoms with Crippen molar-refractivity contribution in [2.45, 2.75) is 79.4 Å². The van der Waals surface area contributed by atoms with Crippen LogP contribution < -0.4 is 0 Å². The van der Waals surface area contributed by atoms with Crippen molar-refractivity contribution in [3.8, 4) is 72.9 Å². The number of rotatable bonds is 11. The topological polar surface area (TPSA) is 46.0 Å². The van der Waals surface area contributed by atoms with Gasteiger partial charge in [-0.25, -0.2) is 4.98 Å². The van der Waals surface area contributed by atoms with E-state index in [4.69, 9.17) is 15.5 Å². The van der Waals surface area contributed by atoms with Crippen molar-refractivity contribution in [1.82, 2.24) is 9.97 Å². The number of hydrogen-bond donors (Lipinski definition) is 1. The van der Waals surface area contributed by atoms with E-state index >= 15 is 0 Å². The highest BCUT2D eigenvalue weighted by Gasteiger charge is 2.20. The number of hydrogen-bond acceptors (Lipinski definition) is 3. The average molecular weight is 802 g/mol. The maximum Gasteiger partial charge on any atom is 0.128 e. The molecule has 0 amide bonds. The van der Waals surface area contributed by atoms with E-state index in [-0.39, 0.29) is 5.75 Å². The molecule has 8 rings (SSSR count). The standard InChI is InChI=1S/C58H56N2O/c1-36(2)46-28-50(54-33-45(23-24-59-54)48-25-39(7)57(40(8)26-48)44-17-13-10-14-18-44)30-51(29-46)55-34-49(43-21-19-42(20-22-43)27-41-15-11-9-12-16-41)35-56(60-55)53-32-47(37(3)4)31-52(38(5)6)58(53)61/h9-26,28-38,61H,27H2,1-8H3/i27D2,36D,37D,38D. The van der Waals surface area contributed by atoms with Crippen molar-refractivity contribution in [2.24, 2.45) is 0 Å². The maximum absolute atomic E-state index is 12.0. The molecular formula is C58H56N2O. The van der Waals surface area contributed by atoms with Crippen molar-refractivity contribution in [2.75, 3.05) is 0 Å². The third-order valence-electron chi connectivity index (χ3n) is 11.4. The lowest BCUT2D eigenvalue weighted by atomic mass is 9.89. The van der Waals surface area contributed by atoms with Gasteiger partial charge in [0, 0.05) is 29.7 Å². The van der Waals surface area contributed by atoms with Crippen LogP contribution in [-0.4, -0.2) is 15.1 Å². The Morgan fingerprint density at radius 2 is 1.05 bits per heavy atom. The molecule has 0 radical (unpaired) electrons. The van der Waals surface area contributed by atoms with Crippen LogP contribution in [-0.2, 0) is 6.37 Å². The Morgan fingerprint density at radius 3 is 1.69 bits per heavy atom. The molecule has 0 aliphatic rings. The molecule has 0 saturated heterocycles. The molecule has 1 N–H and O–H groups in total. The summed E-state index contributed by atoms with van der Waals surface area (Å²) in [7, 11) is 0. The summed E-state index contributed by atoms with van der Waals surface area (Å²) in [6, 6.07) is 49.0.